The molecule has 2 rings (SSSR count). The summed E-state index contributed by atoms with van der Waals surface area (Å²) < 4.78 is 34.2. The number of ether oxygens (including phenoxy) is 2. The normalized spacial score (nSPS) is 12.4. The maximum absolute atomic E-state index is 12.4. The lowest BCUT2D eigenvalue weighted by Gasteiger charge is -2.24. The highest BCUT2D eigenvalue weighted by molar-refractivity contribution is 5.91. The predicted molar refractivity (Wildman–Crippen MR) is 105 cm³/mol. The average molecular weight is 390 g/mol. The summed E-state index contributed by atoms with van der Waals surface area (Å²) in [5.74, 6) is -0.148. The minimum atomic E-state index is -2.93. The van der Waals surface area contributed by atoms with Crippen LogP contribution in [0.15, 0.2) is 54.6 Å². The van der Waals surface area contributed by atoms with Gasteiger partial charge in [0.05, 0.1) is 13.2 Å². The number of nitrogens with one attached hydrogen (secondary N) is 1. The van der Waals surface area contributed by atoms with Gasteiger partial charge in [-0.25, -0.2) is 0 Å². The number of benzene rings is 2. The smallest absolute Gasteiger partial charge is 0.387 e. The summed E-state index contributed by atoms with van der Waals surface area (Å²) in [4.78, 5) is 14.2. The molecule has 0 radical (unpaired) electrons. The Morgan fingerprint density at radius 2 is 1.86 bits per heavy atom. The van der Waals surface area contributed by atoms with Crippen LogP contribution >= 0.6 is 0 Å². The van der Waals surface area contributed by atoms with E-state index >= 15 is 0 Å². The van der Waals surface area contributed by atoms with Crippen molar-refractivity contribution in [3.63, 3.8) is 0 Å². The highest BCUT2D eigenvalue weighted by atomic mass is 19.3. The van der Waals surface area contributed by atoms with Crippen molar-refractivity contribution in [1.82, 2.24) is 10.2 Å². The number of hydrogen-bond acceptors (Lipinski definition) is 4. The lowest BCUT2D eigenvalue weighted by Crippen LogP contribution is -2.33. The maximum atomic E-state index is 12.4. The minimum absolute atomic E-state index is 0.0458. The standard InChI is InChI=1S/C21H24F2N2O3/c1-25(2)17(16-7-5-4-6-8-16)14-24-20(26)12-10-15-9-11-18(28-21(22)23)19(13-15)27-3/h4-13,17,21H,14H2,1-3H3,(H,24,26)/b12-10+. The van der Waals surface area contributed by atoms with Crippen molar-refractivity contribution < 1.29 is 23.0 Å². The zero-order chi connectivity index (χ0) is 20.5. The SMILES string of the molecule is COc1cc(/C=C/C(=O)NCC(c2ccccc2)N(C)C)ccc1OC(F)F. The molecule has 0 spiro atoms. The molecule has 7 heteroatoms. The van der Waals surface area contributed by atoms with E-state index in [1.807, 2.05) is 49.3 Å². The quantitative estimate of drug-likeness (QED) is 0.663. The van der Waals surface area contributed by atoms with Crippen molar-refractivity contribution in [3.05, 3.63) is 65.7 Å². The van der Waals surface area contributed by atoms with E-state index in [1.165, 1.54) is 25.3 Å². The largest absolute Gasteiger partial charge is 0.493 e. The van der Waals surface area contributed by atoms with Crippen molar-refractivity contribution >= 4 is 12.0 Å². The Labute approximate surface area is 163 Å². The zero-order valence-corrected chi connectivity index (χ0v) is 16.1. The van der Waals surface area contributed by atoms with Crippen LogP contribution in [-0.2, 0) is 4.79 Å². The Bertz CT molecular complexity index is 795. The molecular formula is C21H24F2N2O3. The Morgan fingerprint density at radius 3 is 2.46 bits per heavy atom. The van der Waals surface area contributed by atoms with Gasteiger partial charge in [-0.1, -0.05) is 36.4 Å². The summed E-state index contributed by atoms with van der Waals surface area (Å²) in [5, 5.41) is 2.88. The number of rotatable bonds is 9. The highest BCUT2D eigenvalue weighted by Crippen LogP contribution is 2.29. The van der Waals surface area contributed by atoms with E-state index in [0.29, 0.717) is 12.1 Å². The molecule has 1 unspecified atom stereocenters. The molecule has 0 aliphatic rings. The molecule has 1 amide bonds. The summed E-state index contributed by atoms with van der Waals surface area (Å²) in [5.41, 5.74) is 1.73. The third-order valence-corrected chi connectivity index (χ3v) is 4.11. The van der Waals surface area contributed by atoms with E-state index in [-0.39, 0.29) is 23.4 Å². The lowest BCUT2D eigenvalue weighted by atomic mass is 10.1. The predicted octanol–water partition coefficient (Wildman–Crippen LogP) is 3.73. The number of halogens is 2. The molecule has 2 aromatic carbocycles. The van der Waals surface area contributed by atoms with Crippen molar-refractivity contribution in [3.8, 4) is 11.5 Å². The van der Waals surface area contributed by atoms with Crippen molar-refractivity contribution in [2.75, 3.05) is 27.7 Å². The topological polar surface area (TPSA) is 50.8 Å². The lowest BCUT2D eigenvalue weighted by molar-refractivity contribution is -0.116. The third kappa shape index (κ3) is 6.35. The number of carbonyl (C=O) groups excluding carboxylic acids is 1. The molecule has 1 N–H and O–H groups in total. The molecular weight excluding hydrogens is 366 g/mol. The molecule has 0 bridgehead atoms. The van der Waals surface area contributed by atoms with Gasteiger partial charge in [-0.05, 0) is 43.4 Å². The first-order valence-electron chi connectivity index (χ1n) is 8.71. The van der Waals surface area contributed by atoms with Crippen LogP contribution in [0.2, 0.25) is 0 Å². The van der Waals surface area contributed by atoms with Crippen molar-refractivity contribution in [2.24, 2.45) is 0 Å². The van der Waals surface area contributed by atoms with Crippen LogP contribution in [0.3, 0.4) is 0 Å². The van der Waals surface area contributed by atoms with Gasteiger partial charge in [-0.3, -0.25) is 4.79 Å². The van der Waals surface area contributed by atoms with Crippen LogP contribution in [0.25, 0.3) is 6.08 Å². The Morgan fingerprint density at radius 1 is 1.14 bits per heavy atom. The van der Waals surface area contributed by atoms with Crippen LogP contribution in [-0.4, -0.2) is 45.2 Å². The first kappa shape index (κ1) is 21.4. The molecule has 0 saturated heterocycles. The fourth-order valence-electron chi connectivity index (χ4n) is 2.68. The van der Waals surface area contributed by atoms with Gasteiger partial charge in [-0.2, -0.15) is 8.78 Å². The van der Waals surface area contributed by atoms with Gasteiger partial charge < -0.3 is 19.7 Å². The average Bonchev–Trinajstić information content (AvgIpc) is 2.67. The van der Waals surface area contributed by atoms with E-state index < -0.39 is 6.61 Å². The molecule has 0 heterocycles. The van der Waals surface area contributed by atoms with Crippen LogP contribution in [0.4, 0.5) is 8.78 Å². The maximum Gasteiger partial charge on any atom is 0.387 e. The molecule has 5 nitrogen and oxygen atoms in total. The van der Waals surface area contributed by atoms with E-state index in [9.17, 15) is 13.6 Å². The number of nitrogens with zero attached hydrogens (tertiary/aromatic N) is 1. The van der Waals surface area contributed by atoms with Gasteiger partial charge in [-0.15, -0.1) is 0 Å². The molecule has 2 aromatic rings. The van der Waals surface area contributed by atoms with E-state index in [0.717, 1.165) is 5.56 Å². The third-order valence-electron chi connectivity index (χ3n) is 4.11. The fourth-order valence-corrected chi connectivity index (χ4v) is 2.68. The molecule has 150 valence electrons. The van der Waals surface area contributed by atoms with Crippen LogP contribution in [0.1, 0.15) is 17.2 Å². The van der Waals surface area contributed by atoms with Gasteiger partial charge in [0.2, 0.25) is 5.91 Å². The number of amides is 1. The second-order valence-electron chi connectivity index (χ2n) is 6.26. The van der Waals surface area contributed by atoms with Crippen molar-refractivity contribution in [1.29, 1.82) is 0 Å². The summed E-state index contributed by atoms with van der Waals surface area (Å²) in [7, 11) is 5.27. The van der Waals surface area contributed by atoms with E-state index in [4.69, 9.17) is 4.74 Å². The number of likely N-dealkylation sites (N-methyl/N-ethyl adjacent to an activating group) is 1. The molecule has 0 aliphatic heterocycles. The zero-order valence-electron chi connectivity index (χ0n) is 16.1. The van der Waals surface area contributed by atoms with Gasteiger partial charge >= 0.3 is 6.61 Å². The Kier molecular flexibility index (Phi) is 7.95. The molecule has 0 aromatic heterocycles. The molecule has 0 aliphatic carbocycles. The van der Waals surface area contributed by atoms with Gasteiger partial charge in [0, 0.05) is 12.6 Å². The van der Waals surface area contributed by atoms with Crippen LogP contribution in [0.5, 0.6) is 11.5 Å². The molecule has 0 saturated carbocycles. The number of carbonyl (C=O) groups is 1. The summed E-state index contributed by atoms with van der Waals surface area (Å²) in [6.07, 6.45) is 2.97. The van der Waals surface area contributed by atoms with Gasteiger partial charge in [0.1, 0.15) is 0 Å². The Balaban J connectivity index is 1.99. The second-order valence-corrected chi connectivity index (χ2v) is 6.26. The highest BCUT2D eigenvalue weighted by Gasteiger charge is 2.14. The van der Waals surface area contributed by atoms with Crippen LogP contribution in [0, 0.1) is 0 Å². The van der Waals surface area contributed by atoms with E-state index in [2.05, 4.69) is 10.1 Å². The van der Waals surface area contributed by atoms with Gasteiger partial charge in [0.15, 0.2) is 11.5 Å². The minimum Gasteiger partial charge on any atom is -0.493 e. The molecule has 1 atom stereocenters. The summed E-state index contributed by atoms with van der Waals surface area (Å²) in [6, 6.07) is 14.4. The number of methoxy groups -OCH3 is 1. The second kappa shape index (κ2) is 10.4. The van der Waals surface area contributed by atoms with Crippen LogP contribution < -0.4 is 14.8 Å². The van der Waals surface area contributed by atoms with E-state index in [1.54, 1.807) is 12.1 Å². The summed E-state index contributed by atoms with van der Waals surface area (Å²) >= 11 is 0. The first-order chi connectivity index (χ1) is 13.4. The number of alkyl halides is 2. The summed E-state index contributed by atoms with van der Waals surface area (Å²) in [6.45, 7) is -2.49. The first-order valence-corrected chi connectivity index (χ1v) is 8.71. The molecule has 0 fully saturated rings. The molecule has 28 heavy (non-hydrogen) atoms. The fraction of sp³-hybridized carbons (Fsp3) is 0.286. The van der Waals surface area contributed by atoms with Crippen molar-refractivity contribution in [2.45, 2.75) is 12.7 Å². The Hall–Kier alpha value is -2.93. The number of hydrogen-bond donors (Lipinski definition) is 1. The monoisotopic (exact) mass is 390 g/mol. The van der Waals surface area contributed by atoms with Gasteiger partial charge in [0.25, 0.3) is 0 Å².